The molecule has 3 rings (SSSR count). The topological polar surface area (TPSA) is 105 Å². The maximum absolute atomic E-state index is 12.3. The number of aromatic carboxylic acids is 1. The van der Waals surface area contributed by atoms with Crippen molar-refractivity contribution in [2.45, 2.75) is 6.61 Å². The average Bonchev–Trinajstić information content (AvgIpc) is 2.74. The highest BCUT2D eigenvalue weighted by Crippen LogP contribution is 2.30. The number of hydrogen-bond acceptors (Lipinski definition) is 6. The summed E-state index contributed by atoms with van der Waals surface area (Å²) in [5.74, 6) is -1.18. The van der Waals surface area contributed by atoms with Crippen molar-refractivity contribution in [2.24, 2.45) is 0 Å². The van der Waals surface area contributed by atoms with E-state index in [2.05, 4.69) is 5.32 Å². The van der Waals surface area contributed by atoms with Gasteiger partial charge in [-0.1, -0.05) is 18.2 Å². The van der Waals surface area contributed by atoms with Crippen LogP contribution in [0.2, 0.25) is 0 Å². The van der Waals surface area contributed by atoms with E-state index < -0.39 is 17.8 Å². The fraction of sp³-hybridized carbons (Fsp3) is 0.143. The number of benzene rings is 2. The zero-order chi connectivity index (χ0) is 21.8. The molecule has 1 aliphatic heterocycles. The van der Waals surface area contributed by atoms with E-state index in [1.165, 1.54) is 37.3 Å². The van der Waals surface area contributed by atoms with Crippen molar-refractivity contribution in [3.63, 3.8) is 0 Å². The van der Waals surface area contributed by atoms with Gasteiger partial charge in [0.25, 0.3) is 11.8 Å². The van der Waals surface area contributed by atoms with E-state index in [9.17, 15) is 14.4 Å². The van der Waals surface area contributed by atoms with Crippen molar-refractivity contribution in [1.82, 2.24) is 10.2 Å². The molecule has 1 aliphatic rings. The van der Waals surface area contributed by atoms with Crippen LogP contribution in [-0.4, -0.2) is 47.1 Å². The monoisotopic (exact) mass is 426 g/mol. The molecule has 0 aromatic heterocycles. The number of likely N-dealkylation sites (N-methyl/N-ethyl adjacent to an activating group) is 1. The highest BCUT2D eigenvalue weighted by Gasteiger charge is 2.30. The number of carbonyl (C=O) groups is 3. The Morgan fingerprint density at radius 3 is 2.50 bits per heavy atom. The van der Waals surface area contributed by atoms with Gasteiger partial charge in [-0.15, -0.1) is 0 Å². The third-order valence-corrected chi connectivity index (χ3v) is 4.77. The van der Waals surface area contributed by atoms with Gasteiger partial charge in [-0.25, -0.2) is 4.79 Å². The number of ether oxygens (including phenoxy) is 2. The Morgan fingerprint density at radius 2 is 1.87 bits per heavy atom. The third-order valence-electron chi connectivity index (χ3n) is 4.40. The molecule has 0 unspecified atom stereocenters. The fourth-order valence-electron chi connectivity index (χ4n) is 2.71. The van der Waals surface area contributed by atoms with Crippen LogP contribution in [0.15, 0.2) is 48.0 Å². The summed E-state index contributed by atoms with van der Waals surface area (Å²) in [5, 5.41) is 11.5. The standard InChI is InChI=1S/C21H18N2O6S/c1-23-19(25)15(18(24)22-21(23)30)9-13-5-8-16(17(10-13)28-2)29-11-12-3-6-14(7-4-12)20(26)27/h3-10H,11H2,1-2H3,(H,26,27)(H,22,24,30)/b15-9+. The van der Waals surface area contributed by atoms with E-state index in [1.54, 1.807) is 30.3 Å². The second-order valence-corrected chi connectivity index (χ2v) is 6.77. The molecule has 8 nitrogen and oxygen atoms in total. The maximum atomic E-state index is 12.3. The fourth-order valence-corrected chi connectivity index (χ4v) is 2.89. The van der Waals surface area contributed by atoms with Crippen LogP contribution in [0.4, 0.5) is 0 Å². The lowest BCUT2D eigenvalue weighted by molar-refractivity contribution is -0.128. The molecule has 30 heavy (non-hydrogen) atoms. The van der Waals surface area contributed by atoms with Crippen LogP contribution < -0.4 is 14.8 Å². The molecule has 2 aromatic carbocycles. The van der Waals surface area contributed by atoms with Crippen LogP contribution in [0.5, 0.6) is 11.5 Å². The first-order valence-electron chi connectivity index (χ1n) is 8.78. The lowest BCUT2D eigenvalue weighted by Gasteiger charge is -2.25. The van der Waals surface area contributed by atoms with Gasteiger partial charge >= 0.3 is 5.97 Å². The first-order valence-corrected chi connectivity index (χ1v) is 9.19. The maximum Gasteiger partial charge on any atom is 0.335 e. The number of rotatable bonds is 6. The van der Waals surface area contributed by atoms with Gasteiger partial charge in [-0.3, -0.25) is 19.8 Å². The minimum atomic E-state index is -0.994. The largest absolute Gasteiger partial charge is 0.493 e. The zero-order valence-corrected chi connectivity index (χ0v) is 17.0. The molecular formula is C21H18N2O6S. The minimum Gasteiger partial charge on any atom is -0.493 e. The number of thiocarbonyl (C=S) groups is 1. The molecule has 0 atom stereocenters. The van der Waals surface area contributed by atoms with Crippen LogP contribution in [0.1, 0.15) is 21.5 Å². The van der Waals surface area contributed by atoms with Crippen molar-refractivity contribution < 1.29 is 29.0 Å². The Hall–Kier alpha value is -3.72. The molecule has 0 saturated carbocycles. The summed E-state index contributed by atoms with van der Waals surface area (Å²) in [6, 6.07) is 11.3. The molecule has 0 bridgehead atoms. The lowest BCUT2D eigenvalue weighted by Crippen LogP contribution is -2.52. The van der Waals surface area contributed by atoms with Crippen molar-refractivity contribution in [3.05, 3.63) is 64.7 Å². The SMILES string of the molecule is COc1cc(/C=C2\C(=O)NC(=S)N(C)C2=O)ccc1OCc1ccc(C(=O)O)cc1. The summed E-state index contributed by atoms with van der Waals surface area (Å²) in [6.45, 7) is 0.208. The van der Waals surface area contributed by atoms with E-state index in [-0.39, 0.29) is 22.9 Å². The summed E-state index contributed by atoms with van der Waals surface area (Å²) in [7, 11) is 2.96. The van der Waals surface area contributed by atoms with Gasteiger partial charge in [-0.2, -0.15) is 0 Å². The average molecular weight is 426 g/mol. The van der Waals surface area contributed by atoms with Crippen LogP contribution >= 0.6 is 12.2 Å². The van der Waals surface area contributed by atoms with E-state index in [4.69, 9.17) is 26.8 Å². The molecule has 1 fully saturated rings. The highest BCUT2D eigenvalue weighted by molar-refractivity contribution is 7.80. The summed E-state index contributed by atoms with van der Waals surface area (Å²) in [4.78, 5) is 36.5. The van der Waals surface area contributed by atoms with Crippen LogP contribution in [0.3, 0.4) is 0 Å². The van der Waals surface area contributed by atoms with Crippen molar-refractivity contribution in [1.29, 1.82) is 0 Å². The van der Waals surface area contributed by atoms with Crippen molar-refractivity contribution >= 4 is 41.2 Å². The van der Waals surface area contributed by atoms with E-state index in [1.807, 2.05) is 0 Å². The minimum absolute atomic E-state index is 0.0414. The van der Waals surface area contributed by atoms with Gasteiger partial charge in [0.15, 0.2) is 16.6 Å². The normalized spacial score (nSPS) is 15.2. The molecule has 2 N–H and O–H groups in total. The Bertz CT molecular complexity index is 1060. The smallest absolute Gasteiger partial charge is 0.335 e. The number of nitrogens with one attached hydrogen (secondary N) is 1. The number of carboxylic acids is 1. The van der Waals surface area contributed by atoms with Crippen molar-refractivity contribution in [2.75, 3.05) is 14.2 Å². The lowest BCUT2D eigenvalue weighted by atomic mass is 10.1. The second-order valence-electron chi connectivity index (χ2n) is 6.38. The molecule has 1 heterocycles. The molecule has 154 valence electrons. The highest BCUT2D eigenvalue weighted by atomic mass is 32.1. The number of nitrogens with zero attached hydrogens (tertiary/aromatic N) is 1. The molecule has 1 saturated heterocycles. The predicted octanol–water partition coefficient (Wildman–Crippen LogP) is 2.23. The predicted molar refractivity (Wildman–Crippen MR) is 112 cm³/mol. The molecule has 2 aromatic rings. The molecule has 2 amide bonds. The second kappa shape index (κ2) is 8.75. The van der Waals surface area contributed by atoms with Crippen LogP contribution in [-0.2, 0) is 16.2 Å². The van der Waals surface area contributed by atoms with Gasteiger partial charge < -0.3 is 14.6 Å². The Morgan fingerprint density at radius 1 is 1.17 bits per heavy atom. The number of carboxylic acid groups (broad SMARTS) is 1. The zero-order valence-electron chi connectivity index (χ0n) is 16.2. The first-order chi connectivity index (χ1) is 14.3. The van der Waals surface area contributed by atoms with Crippen LogP contribution in [0, 0.1) is 0 Å². The molecule has 0 aliphatic carbocycles. The number of hydrogen-bond donors (Lipinski definition) is 2. The molecule has 0 spiro atoms. The summed E-state index contributed by atoms with van der Waals surface area (Å²) < 4.78 is 11.1. The third kappa shape index (κ3) is 4.47. The molecular weight excluding hydrogens is 408 g/mol. The van der Waals surface area contributed by atoms with Gasteiger partial charge in [0, 0.05) is 7.05 Å². The van der Waals surface area contributed by atoms with E-state index in [0.717, 1.165) is 5.56 Å². The van der Waals surface area contributed by atoms with Gasteiger partial charge in [0.2, 0.25) is 0 Å². The molecule has 9 heteroatoms. The number of amides is 2. The summed E-state index contributed by atoms with van der Waals surface area (Å²) >= 11 is 4.93. The Kier molecular flexibility index (Phi) is 6.12. The quantitative estimate of drug-likeness (QED) is 0.415. The summed E-state index contributed by atoms with van der Waals surface area (Å²) in [6.07, 6.45) is 1.45. The molecule has 0 radical (unpaired) electrons. The Balaban J connectivity index is 1.78. The van der Waals surface area contributed by atoms with Crippen LogP contribution in [0.25, 0.3) is 6.08 Å². The number of carbonyl (C=O) groups excluding carboxylic acids is 2. The van der Waals surface area contributed by atoms with Gasteiger partial charge in [0.05, 0.1) is 12.7 Å². The Labute approximate surface area is 177 Å². The number of methoxy groups -OCH3 is 1. The van der Waals surface area contributed by atoms with E-state index in [0.29, 0.717) is 17.1 Å². The summed E-state index contributed by atoms with van der Waals surface area (Å²) in [5.41, 5.74) is 1.52. The van der Waals surface area contributed by atoms with E-state index >= 15 is 0 Å². The van der Waals surface area contributed by atoms with Gasteiger partial charge in [-0.05, 0) is 53.7 Å². The first kappa shape index (κ1) is 21.0. The van der Waals surface area contributed by atoms with Crippen molar-refractivity contribution in [3.8, 4) is 11.5 Å². The van der Waals surface area contributed by atoms with Gasteiger partial charge in [0.1, 0.15) is 12.2 Å².